The highest BCUT2D eigenvalue weighted by Crippen LogP contribution is 1.97. The Morgan fingerprint density at radius 2 is 2.16 bits per heavy atom. The minimum absolute atomic E-state index is 0.620. The Kier molecular flexibility index (Phi) is 4.51. The molecule has 0 aliphatic rings. The predicted molar refractivity (Wildman–Crippen MR) is 77.4 cm³/mol. The zero-order valence-electron chi connectivity index (χ0n) is 11.1. The maximum atomic E-state index is 5.21. The quantitative estimate of drug-likeness (QED) is 0.792. The first-order chi connectivity index (χ1) is 9.17. The standard InChI is InChI=1S/C12H18N6S/c1-3-18-9-10(7-15-18)6-13-12(19)14-8-11-4-5-17(2)16-11/h4-5,7,9H,3,6,8H2,1-2H3,(H2,13,14,19). The molecule has 0 saturated heterocycles. The van der Waals surface area contributed by atoms with Crippen LogP contribution >= 0.6 is 12.2 Å². The molecule has 0 saturated carbocycles. The summed E-state index contributed by atoms with van der Waals surface area (Å²) in [6, 6.07) is 1.96. The van der Waals surface area contributed by atoms with Crippen molar-refractivity contribution < 1.29 is 0 Å². The van der Waals surface area contributed by atoms with Crippen molar-refractivity contribution in [1.29, 1.82) is 0 Å². The lowest BCUT2D eigenvalue weighted by molar-refractivity contribution is 0.659. The molecule has 2 N–H and O–H groups in total. The third-order valence-electron chi connectivity index (χ3n) is 2.66. The first kappa shape index (κ1) is 13.5. The van der Waals surface area contributed by atoms with E-state index in [0.29, 0.717) is 18.2 Å². The number of aromatic nitrogens is 4. The van der Waals surface area contributed by atoms with E-state index in [-0.39, 0.29) is 0 Å². The van der Waals surface area contributed by atoms with Gasteiger partial charge in [-0.25, -0.2) is 0 Å². The summed E-state index contributed by atoms with van der Waals surface area (Å²) in [5.41, 5.74) is 2.08. The van der Waals surface area contributed by atoms with E-state index >= 15 is 0 Å². The Morgan fingerprint density at radius 1 is 1.37 bits per heavy atom. The monoisotopic (exact) mass is 278 g/mol. The Hall–Kier alpha value is -1.89. The summed E-state index contributed by atoms with van der Waals surface area (Å²) in [5, 5.41) is 15.4. The maximum Gasteiger partial charge on any atom is 0.166 e. The second-order valence-electron chi connectivity index (χ2n) is 4.22. The molecule has 2 aromatic heterocycles. The second kappa shape index (κ2) is 6.33. The van der Waals surface area contributed by atoms with Crippen LogP contribution in [0.3, 0.4) is 0 Å². The largest absolute Gasteiger partial charge is 0.359 e. The summed E-state index contributed by atoms with van der Waals surface area (Å²) in [4.78, 5) is 0. The van der Waals surface area contributed by atoms with Gasteiger partial charge in [-0.3, -0.25) is 9.36 Å². The van der Waals surface area contributed by atoms with Gasteiger partial charge in [-0.2, -0.15) is 10.2 Å². The van der Waals surface area contributed by atoms with Gasteiger partial charge in [-0.1, -0.05) is 0 Å². The Bertz CT molecular complexity index is 544. The van der Waals surface area contributed by atoms with Gasteiger partial charge in [0.25, 0.3) is 0 Å². The molecule has 102 valence electrons. The topological polar surface area (TPSA) is 59.7 Å². The van der Waals surface area contributed by atoms with Crippen LogP contribution < -0.4 is 10.6 Å². The number of hydrogen-bond acceptors (Lipinski definition) is 3. The maximum absolute atomic E-state index is 5.21. The number of rotatable bonds is 5. The minimum atomic E-state index is 0.620. The molecule has 2 rings (SSSR count). The van der Waals surface area contributed by atoms with Crippen molar-refractivity contribution in [3.05, 3.63) is 35.9 Å². The van der Waals surface area contributed by atoms with Crippen LogP contribution in [0.5, 0.6) is 0 Å². The molecular formula is C12H18N6S. The molecule has 0 spiro atoms. The molecule has 0 atom stereocenters. The summed E-state index contributed by atoms with van der Waals surface area (Å²) in [5.74, 6) is 0. The number of nitrogens with zero attached hydrogens (tertiary/aromatic N) is 4. The first-order valence-corrected chi connectivity index (χ1v) is 6.59. The summed E-state index contributed by atoms with van der Waals surface area (Å²) < 4.78 is 3.66. The van der Waals surface area contributed by atoms with Crippen molar-refractivity contribution in [2.45, 2.75) is 26.6 Å². The fourth-order valence-corrected chi connectivity index (χ4v) is 1.79. The van der Waals surface area contributed by atoms with Gasteiger partial charge < -0.3 is 10.6 Å². The van der Waals surface area contributed by atoms with Crippen LogP contribution in [0.4, 0.5) is 0 Å². The van der Waals surface area contributed by atoms with Gasteiger partial charge in [-0.15, -0.1) is 0 Å². The number of aryl methyl sites for hydroxylation is 2. The van der Waals surface area contributed by atoms with Crippen molar-refractivity contribution in [1.82, 2.24) is 30.2 Å². The lowest BCUT2D eigenvalue weighted by atomic mass is 10.4. The molecule has 0 radical (unpaired) electrons. The molecule has 7 heteroatoms. The van der Waals surface area contributed by atoms with Crippen LogP contribution in [-0.2, 0) is 26.7 Å². The molecule has 6 nitrogen and oxygen atoms in total. The van der Waals surface area contributed by atoms with Crippen LogP contribution in [0.25, 0.3) is 0 Å². The molecule has 0 fully saturated rings. The Balaban J connectivity index is 1.72. The number of hydrogen-bond donors (Lipinski definition) is 2. The van der Waals surface area contributed by atoms with E-state index in [4.69, 9.17) is 12.2 Å². The SMILES string of the molecule is CCn1cc(CNC(=S)NCc2ccn(C)n2)cn1. The van der Waals surface area contributed by atoms with Gasteiger partial charge >= 0.3 is 0 Å². The van der Waals surface area contributed by atoms with E-state index in [1.165, 1.54) is 0 Å². The molecule has 19 heavy (non-hydrogen) atoms. The van der Waals surface area contributed by atoms with Crippen molar-refractivity contribution in [3.8, 4) is 0 Å². The van der Waals surface area contributed by atoms with E-state index in [1.807, 2.05) is 36.4 Å². The highest BCUT2D eigenvalue weighted by Gasteiger charge is 2.01. The highest BCUT2D eigenvalue weighted by molar-refractivity contribution is 7.80. The lowest BCUT2D eigenvalue weighted by Gasteiger charge is -2.08. The van der Waals surface area contributed by atoms with Gasteiger partial charge in [0.1, 0.15) is 0 Å². The van der Waals surface area contributed by atoms with E-state index in [2.05, 4.69) is 27.8 Å². The molecular weight excluding hydrogens is 260 g/mol. The fourth-order valence-electron chi connectivity index (χ4n) is 1.64. The zero-order chi connectivity index (χ0) is 13.7. The minimum Gasteiger partial charge on any atom is -0.359 e. The van der Waals surface area contributed by atoms with Gasteiger partial charge in [0.15, 0.2) is 5.11 Å². The lowest BCUT2D eigenvalue weighted by Crippen LogP contribution is -2.34. The molecule has 2 aromatic rings. The average molecular weight is 278 g/mol. The van der Waals surface area contributed by atoms with E-state index < -0.39 is 0 Å². The molecule has 0 aliphatic carbocycles. The summed E-state index contributed by atoms with van der Waals surface area (Å²) in [7, 11) is 1.89. The molecule has 0 amide bonds. The third kappa shape index (κ3) is 4.06. The highest BCUT2D eigenvalue weighted by atomic mass is 32.1. The van der Waals surface area contributed by atoms with Gasteiger partial charge in [0.05, 0.1) is 18.4 Å². The van der Waals surface area contributed by atoms with Crippen LogP contribution in [0.15, 0.2) is 24.7 Å². The van der Waals surface area contributed by atoms with Gasteiger partial charge in [0.2, 0.25) is 0 Å². The number of nitrogens with one attached hydrogen (secondary N) is 2. The van der Waals surface area contributed by atoms with Crippen LogP contribution in [0, 0.1) is 0 Å². The molecule has 0 bridgehead atoms. The average Bonchev–Trinajstić information content (AvgIpc) is 3.02. The molecule has 0 unspecified atom stereocenters. The Labute approximate surface area is 117 Å². The van der Waals surface area contributed by atoms with Gasteiger partial charge in [-0.05, 0) is 25.2 Å². The third-order valence-corrected chi connectivity index (χ3v) is 2.95. The van der Waals surface area contributed by atoms with E-state index in [9.17, 15) is 0 Å². The van der Waals surface area contributed by atoms with Crippen LogP contribution in [0.2, 0.25) is 0 Å². The van der Waals surface area contributed by atoms with Crippen molar-refractivity contribution in [2.75, 3.05) is 0 Å². The van der Waals surface area contributed by atoms with Crippen LogP contribution in [0.1, 0.15) is 18.2 Å². The summed E-state index contributed by atoms with van der Waals surface area (Å²) >= 11 is 5.21. The first-order valence-electron chi connectivity index (χ1n) is 6.19. The van der Waals surface area contributed by atoms with E-state index in [1.54, 1.807) is 4.68 Å². The molecule has 2 heterocycles. The number of thiocarbonyl (C=S) groups is 1. The van der Waals surface area contributed by atoms with Crippen LogP contribution in [-0.4, -0.2) is 24.7 Å². The predicted octanol–water partition coefficient (Wildman–Crippen LogP) is 0.801. The fraction of sp³-hybridized carbons (Fsp3) is 0.417. The Morgan fingerprint density at radius 3 is 2.79 bits per heavy atom. The second-order valence-corrected chi connectivity index (χ2v) is 4.63. The molecule has 0 aliphatic heterocycles. The molecule has 0 aromatic carbocycles. The van der Waals surface area contributed by atoms with Crippen molar-refractivity contribution in [2.24, 2.45) is 7.05 Å². The van der Waals surface area contributed by atoms with Gasteiger partial charge in [0, 0.05) is 38.1 Å². The van der Waals surface area contributed by atoms with Crippen molar-refractivity contribution >= 4 is 17.3 Å². The van der Waals surface area contributed by atoms with Crippen molar-refractivity contribution in [3.63, 3.8) is 0 Å². The summed E-state index contributed by atoms with van der Waals surface area (Å²) in [6.45, 7) is 4.24. The zero-order valence-corrected chi connectivity index (χ0v) is 11.9. The summed E-state index contributed by atoms with van der Waals surface area (Å²) in [6.07, 6.45) is 5.76. The smallest absolute Gasteiger partial charge is 0.166 e. The normalized spacial score (nSPS) is 10.4. The van der Waals surface area contributed by atoms with E-state index in [0.717, 1.165) is 17.8 Å².